The molecule has 4 aliphatic rings. The van der Waals surface area contributed by atoms with Crippen LogP contribution in [0.3, 0.4) is 0 Å². The smallest absolute Gasteiger partial charge is 0.257 e. The summed E-state index contributed by atoms with van der Waals surface area (Å²) in [5.74, 6) is 0.878. The molecule has 4 aliphatic heterocycles. The molecule has 6 aromatic rings. The maximum atomic E-state index is 12.7. The molecule has 21 heteroatoms. The van der Waals surface area contributed by atoms with Crippen LogP contribution in [0, 0.1) is 0 Å². The van der Waals surface area contributed by atoms with Gasteiger partial charge < -0.3 is 56.9 Å². The Kier molecular flexibility index (Phi) is 15.2. The molecule has 388 valence electrons. The number of anilines is 11. The lowest BCUT2D eigenvalue weighted by Crippen LogP contribution is -2.59. The first-order chi connectivity index (χ1) is 36.1. The van der Waals surface area contributed by atoms with Gasteiger partial charge in [0.25, 0.3) is 11.8 Å². The van der Waals surface area contributed by atoms with E-state index >= 15 is 0 Å². The third kappa shape index (κ3) is 12.2. The van der Waals surface area contributed by atoms with Crippen molar-refractivity contribution in [2.45, 2.75) is 65.0 Å². The minimum absolute atomic E-state index is 0.175. The van der Waals surface area contributed by atoms with Crippen LogP contribution >= 0.6 is 0 Å². The summed E-state index contributed by atoms with van der Waals surface area (Å²) in [5, 5.41) is 36.0. The number of benzene rings is 3. The topological polar surface area (TPSA) is 244 Å². The molecule has 0 saturated carbocycles. The number of rotatable bonds is 18. The molecule has 1 atom stereocenters. The lowest BCUT2D eigenvalue weighted by atomic mass is 10.1. The molecule has 75 heavy (non-hydrogen) atoms. The molecular weight excluding hydrogens is 953 g/mol. The molecular formula is C54H62N16O5. The largest absolute Gasteiger partial charge is 0.389 e. The van der Waals surface area contributed by atoms with E-state index < -0.39 is 5.60 Å². The number of fused-ring (bicyclic) bond motifs is 2. The van der Waals surface area contributed by atoms with E-state index in [0.29, 0.717) is 95.7 Å². The van der Waals surface area contributed by atoms with Crippen LogP contribution in [0.1, 0.15) is 59.8 Å². The van der Waals surface area contributed by atoms with Gasteiger partial charge in [0.05, 0.1) is 67.8 Å². The van der Waals surface area contributed by atoms with Crippen LogP contribution in [0.2, 0.25) is 0 Å². The second-order valence-electron chi connectivity index (χ2n) is 19.1. The predicted octanol–water partition coefficient (Wildman–Crippen LogP) is 6.94. The zero-order valence-corrected chi connectivity index (χ0v) is 42.5. The Morgan fingerprint density at radius 3 is 2.00 bits per heavy atom. The number of amides is 3. The number of aliphatic hydroxyl groups is 1. The van der Waals surface area contributed by atoms with Crippen LogP contribution in [0.25, 0.3) is 0 Å². The highest BCUT2D eigenvalue weighted by Crippen LogP contribution is 2.32. The standard InChI is InChI=1S/C31H36N8O3.C23H26N8O2/c1-4-27(40)38(5-2)24-8-6-7-22(15-24)34-31-35-26-16-32-30(41)28(26)29(36-31)33-21-9-11-23(12-10-21)39-14-13-37(17-20(39)3)25-18-42-19-25;1-5-14(2)26-15-7-6-8-16(9-15)28-22-29-18-11-24-21(32)19(18)20(30-22)27-17-10-25-31(12-17)13-23(3,4)33/h4,6-12,15,20,25H,1,5,13-14,16-19H2,2-3H3,(H,32,41)(H2,33,34,35,36);5-10,12,26,33H,1-2,11,13H2,3-4H3,(H,24,32)(H2,27,28,29,30)/t20-;/m0./s1. The van der Waals surface area contributed by atoms with Crippen molar-refractivity contribution in [2.24, 2.45) is 0 Å². The molecule has 7 heterocycles. The molecule has 21 nitrogen and oxygen atoms in total. The van der Waals surface area contributed by atoms with E-state index in [-0.39, 0.29) is 17.7 Å². The molecule has 2 saturated heterocycles. The summed E-state index contributed by atoms with van der Waals surface area (Å²) in [6.45, 7) is 24.9. The Bertz CT molecular complexity index is 3130. The van der Waals surface area contributed by atoms with Crippen molar-refractivity contribution in [2.75, 3.05) is 75.8 Å². The van der Waals surface area contributed by atoms with Crippen molar-refractivity contribution in [1.82, 2.24) is 45.2 Å². The van der Waals surface area contributed by atoms with E-state index in [9.17, 15) is 19.5 Å². The van der Waals surface area contributed by atoms with E-state index in [4.69, 9.17) is 4.74 Å². The number of carbonyl (C=O) groups excluding carboxylic acids is 3. The quantitative estimate of drug-likeness (QED) is 0.0321. The Hall–Kier alpha value is -8.66. The van der Waals surface area contributed by atoms with Crippen LogP contribution in [-0.4, -0.2) is 115 Å². The molecule has 0 bridgehead atoms. The number of allylic oxidation sites excluding steroid dienone is 1. The van der Waals surface area contributed by atoms with Gasteiger partial charge in [-0.15, -0.1) is 0 Å². The third-order valence-corrected chi connectivity index (χ3v) is 12.8. The number of piperazine rings is 1. The molecule has 8 N–H and O–H groups in total. The van der Waals surface area contributed by atoms with Crippen molar-refractivity contribution >= 4 is 81.1 Å². The maximum absolute atomic E-state index is 12.7. The zero-order chi connectivity index (χ0) is 52.8. The summed E-state index contributed by atoms with van der Waals surface area (Å²) in [6, 6.07) is 24.2. The normalized spacial score (nSPS) is 16.0. The van der Waals surface area contributed by atoms with Crippen molar-refractivity contribution < 1.29 is 24.2 Å². The number of nitrogens with zero attached hydrogens (tertiary/aromatic N) is 9. The zero-order valence-electron chi connectivity index (χ0n) is 42.5. The highest BCUT2D eigenvalue weighted by Gasteiger charge is 2.33. The highest BCUT2D eigenvalue weighted by molar-refractivity contribution is 6.04. The first-order valence-corrected chi connectivity index (χ1v) is 24.8. The fraction of sp³-hybridized carbons (Fsp3) is 0.296. The molecule has 0 spiro atoms. The van der Waals surface area contributed by atoms with Crippen molar-refractivity contribution in [3.8, 4) is 0 Å². The lowest BCUT2D eigenvalue weighted by Gasteiger charge is -2.46. The summed E-state index contributed by atoms with van der Waals surface area (Å²) in [4.78, 5) is 62.3. The van der Waals surface area contributed by atoms with E-state index in [1.807, 2.05) is 67.6 Å². The molecule has 0 aliphatic carbocycles. The summed E-state index contributed by atoms with van der Waals surface area (Å²) >= 11 is 0. The fourth-order valence-corrected chi connectivity index (χ4v) is 9.10. The number of nitrogens with one attached hydrogen (secondary N) is 7. The van der Waals surface area contributed by atoms with Gasteiger partial charge in [-0.3, -0.25) is 24.0 Å². The number of ether oxygens (including phenoxy) is 1. The van der Waals surface area contributed by atoms with Gasteiger partial charge in [-0.25, -0.2) is 9.97 Å². The highest BCUT2D eigenvalue weighted by atomic mass is 16.5. The SMILES string of the molecule is C=CC(=C)Nc1cccc(Nc2nc3c(c(Nc4cnn(CC(C)(C)O)c4)n2)C(=O)NC3)c1.C=CC(=O)N(CC)c1cccc(Nc2nc3c(c(Nc4ccc(N5CCN(C6COC6)C[C@@H]5C)cc4)n2)C(=O)NC3)c1. The monoisotopic (exact) mass is 1010 g/mol. The third-order valence-electron chi connectivity index (χ3n) is 12.8. The Labute approximate surface area is 435 Å². The molecule has 2 fully saturated rings. The van der Waals surface area contributed by atoms with Gasteiger partial charge in [-0.2, -0.15) is 15.1 Å². The maximum Gasteiger partial charge on any atom is 0.257 e. The van der Waals surface area contributed by atoms with Gasteiger partial charge >= 0.3 is 0 Å². The number of likely N-dealkylation sites (N-methyl/N-ethyl adjacent to an activating group) is 1. The van der Waals surface area contributed by atoms with Gasteiger partial charge in [0.1, 0.15) is 22.8 Å². The first-order valence-electron chi connectivity index (χ1n) is 24.8. The second kappa shape index (κ2) is 22.2. The predicted molar refractivity (Wildman–Crippen MR) is 292 cm³/mol. The first kappa shape index (κ1) is 51.2. The van der Waals surface area contributed by atoms with Crippen LogP contribution in [0.5, 0.6) is 0 Å². The number of aromatic nitrogens is 6. The van der Waals surface area contributed by atoms with Gasteiger partial charge in [-0.1, -0.05) is 31.9 Å². The molecule has 3 amide bonds. The summed E-state index contributed by atoms with van der Waals surface area (Å²) < 4.78 is 7.00. The summed E-state index contributed by atoms with van der Waals surface area (Å²) in [5.41, 5.74) is 7.51. The van der Waals surface area contributed by atoms with Crippen LogP contribution < -0.4 is 47.0 Å². The second-order valence-corrected chi connectivity index (χ2v) is 19.1. The van der Waals surface area contributed by atoms with Gasteiger partial charge in [0.2, 0.25) is 17.8 Å². The molecule has 0 radical (unpaired) electrons. The minimum atomic E-state index is -0.905. The van der Waals surface area contributed by atoms with Crippen LogP contribution in [0.15, 0.2) is 123 Å². The summed E-state index contributed by atoms with van der Waals surface area (Å²) in [7, 11) is 0. The molecule has 0 unspecified atom stereocenters. The number of hydrogen-bond donors (Lipinski definition) is 8. The van der Waals surface area contributed by atoms with E-state index in [1.54, 1.807) is 41.9 Å². The van der Waals surface area contributed by atoms with E-state index in [0.717, 1.165) is 61.3 Å². The van der Waals surface area contributed by atoms with Gasteiger partial charge in [0, 0.05) is 78.2 Å². The average Bonchev–Trinajstić information content (AvgIpc) is 4.09. The van der Waals surface area contributed by atoms with Crippen LogP contribution in [-0.2, 0) is 29.2 Å². The molecule has 10 rings (SSSR count). The Balaban J connectivity index is 0.000000189. The minimum Gasteiger partial charge on any atom is -0.389 e. The summed E-state index contributed by atoms with van der Waals surface area (Å²) in [6.07, 6.45) is 6.29. The Morgan fingerprint density at radius 2 is 1.43 bits per heavy atom. The van der Waals surface area contributed by atoms with Gasteiger partial charge in [-0.05, 0) is 101 Å². The van der Waals surface area contributed by atoms with Crippen molar-refractivity contribution in [3.05, 3.63) is 145 Å². The van der Waals surface area contributed by atoms with Gasteiger partial charge in [0.15, 0.2) is 0 Å². The molecule has 3 aromatic heterocycles. The number of carbonyl (C=O) groups is 3. The van der Waals surface area contributed by atoms with E-state index in [1.165, 1.54) is 11.8 Å². The van der Waals surface area contributed by atoms with Crippen molar-refractivity contribution in [1.29, 1.82) is 0 Å². The Morgan fingerprint density at radius 1 is 0.813 bits per heavy atom. The lowest BCUT2D eigenvalue weighted by molar-refractivity contribution is -0.114. The fourth-order valence-electron chi connectivity index (χ4n) is 9.10. The molecule has 3 aromatic carbocycles. The average molecular weight is 1020 g/mol. The van der Waals surface area contributed by atoms with Crippen LogP contribution in [0.4, 0.5) is 63.3 Å². The number of hydrogen-bond acceptors (Lipinski definition) is 17. The van der Waals surface area contributed by atoms with Crippen molar-refractivity contribution in [3.63, 3.8) is 0 Å². The van der Waals surface area contributed by atoms with E-state index in [2.05, 4.69) is 111 Å².